The van der Waals surface area contributed by atoms with E-state index in [-0.39, 0.29) is 18.1 Å². The molecule has 0 aliphatic heterocycles. The summed E-state index contributed by atoms with van der Waals surface area (Å²) in [6.07, 6.45) is 1.66. The van der Waals surface area contributed by atoms with Crippen molar-refractivity contribution in [1.82, 2.24) is 0 Å². The molecule has 0 saturated carbocycles. The Labute approximate surface area is 105 Å². The molecule has 0 N–H and O–H groups in total. The van der Waals surface area contributed by atoms with Crippen LogP contribution in [0, 0.1) is 0 Å². The van der Waals surface area contributed by atoms with E-state index in [1.807, 2.05) is 6.92 Å². The van der Waals surface area contributed by atoms with E-state index >= 15 is 0 Å². The second-order valence-electron chi connectivity index (χ2n) is 4.82. The smallest absolute Gasteiger partial charge is 0.384 e. The first-order valence-electron chi connectivity index (χ1n) is 5.84. The van der Waals surface area contributed by atoms with E-state index in [1.165, 1.54) is 0 Å². The molecule has 1 heterocycles. The fourth-order valence-electron chi connectivity index (χ4n) is 1.08. The highest BCUT2D eigenvalue weighted by Gasteiger charge is 2.33. The van der Waals surface area contributed by atoms with Crippen LogP contribution in [0.2, 0.25) is 0 Å². The molecule has 6 heteroatoms. The van der Waals surface area contributed by atoms with Gasteiger partial charge in [0, 0.05) is 0 Å². The lowest BCUT2D eigenvalue weighted by molar-refractivity contribution is -0.0540. The van der Waals surface area contributed by atoms with E-state index in [1.54, 1.807) is 20.8 Å². The van der Waals surface area contributed by atoms with E-state index in [9.17, 15) is 9.59 Å². The molecule has 18 heavy (non-hydrogen) atoms. The van der Waals surface area contributed by atoms with Crippen LogP contribution in [0.25, 0.3) is 0 Å². The van der Waals surface area contributed by atoms with Crippen molar-refractivity contribution in [1.29, 1.82) is 0 Å². The summed E-state index contributed by atoms with van der Waals surface area (Å²) in [5, 5.41) is 0. The number of rotatable bonds is 5. The zero-order chi connectivity index (χ0) is 13.8. The van der Waals surface area contributed by atoms with E-state index in [2.05, 4.69) is 9.15 Å². The van der Waals surface area contributed by atoms with Gasteiger partial charge in [-0.05, 0) is 27.2 Å². The Kier molecular flexibility index (Phi) is 4.58. The third-order valence-electron chi connectivity index (χ3n) is 1.92. The summed E-state index contributed by atoms with van der Waals surface area (Å²) in [6.45, 7) is 7.39. The fraction of sp³-hybridized carbons (Fsp3) is 0.667. The van der Waals surface area contributed by atoms with E-state index in [0.29, 0.717) is 0 Å². The number of hydrogen-bond acceptors (Lipinski definition) is 6. The lowest BCUT2D eigenvalue weighted by Gasteiger charge is -2.19. The Morgan fingerprint density at radius 1 is 1.11 bits per heavy atom. The molecule has 1 rings (SSSR count). The first kappa shape index (κ1) is 14.3. The molecule has 0 spiro atoms. The molecule has 0 aromatic carbocycles. The van der Waals surface area contributed by atoms with Gasteiger partial charge in [-0.2, -0.15) is 0 Å². The van der Waals surface area contributed by atoms with Crippen molar-refractivity contribution < 1.29 is 28.2 Å². The SMILES string of the molecule is CCCCOC(=O)c1ooc1C(=O)OC(C)(C)C. The largest absolute Gasteiger partial charge is 0.460 e. The summed E-state index contributed by atoms with van der Waals surface area (Å²) >= 11 is 0. The molecule has 1 aromatic rings. The standard InChI is InChI=1S/C12H18O6/c1-5-6-7-15-10(13)8-9(18-17-8)11(14)16-12(2,3)4/h5-7H2,1-4H3. The first-order chi connectivity index (χ1) is 8.35. The quantitative estimate of drug-likeness (QED) is 0.459. The second-order valence-corrected chi connectivity index (χ2v) is 4.82. The van der Waals surface area contributed by atoms with Gasteiger partial charge in [0.2, 0.25) is 0 Å². The normalized spacial score (nSPS) is 11.3. The van der Waals surface area contributed by atoms with E-state index < -0.39 is 17.5 Å². The van der Waals surface area contributed by atoms with Crippen LogP contribution in [-0.4, -0.2) is 24.1 Å². The van der Waals surface area contributed by atoms with Gasteiger partial charge in [-0.3, -0.25) is 9.15 Å². The molecular weight excluding hydrogens is 240 g/mol. The minimum atomic E-state index is -0.740. The molecule has 102 valence electrons. The van der Waals surface area contributed by atoms with Gasteiger partial charge in [-0.1, -0.05) is 13.3 Å². The highest BCUT2D eigenvalue weighted by molar-refractivity contribution is 5.99. The molecule has 0 aliphatic rings. The molecular formula is C12H18O6. The Hall–Kier alpha value is -1.72. The van der Waals surface area contributed by atoms with Crippen LogP contribution in [0.3, 0.4) is 0 Å². The molecule has 0 aliphatic carbocycles. The Bertz CT molecular complexity index is 406. The lowest BCUT2D eigenvalue weighted by atomic mass is 10.2. The van der Waals surface area contributed by atoms with Crippen molar-refractivity contribution in [3.63, 3.8) is 0 Å². The van der Waals surface area contributed by atoms with Gasteiger partial charge in [0.25, 0.3) is 0 Å². The van der Waals surface area contributed by atoms with Gasteiger partial charge >= 0.3 is 23.5 Å². The zero-order valence-corrected chi connectivity index (χ0v) is 11.1. The van der Waals surface area contributed by atoms with Gasteiger partial charge in [0.1, 0.15) is 5.60 Å². The highest BCUT2D eigenvalue weighted by atomic mass is 17.0. The summed E-state index contributed by atoms with van der Waals surface area (Å²) in [5.74, 6) is -1.93. The Morgan fingerprint density at radius 2 is 1.67 bits per heavy atom. The molecule has 0 atom stereocenters. The van der Waals surface area contributed by atoms with Crippen molar-refractivity contribution in [2.45, 2.75) is 46.1 Å². The van der Waals surface area contributed by atoms with Crippen LogP contribution in [0.15, 0.2) is 9.15 Å². The third kappa shape index (κ3) is 3.94. The molecule has 0 amide bonds. The molecule has 0 radical (unpaired) electrons. The van der Waals surface area contributed by atoms with Gasteiger partial charge < -0.3 is 9.47 Å². The zero-order valence-electron chi connectivity index (χ0n) is 11.1. The molecule has 0 saturated heterocycles. The lowest BCUT2D eigenvalue weighted by Crippen LogP contribution is -2.26. The Balaban J connectivity index is 2.57. The van der Waals surface area contributed by atoms with Crippen molar-refractivity contribution in [2.24, 2.45) is 0 Å². The van der Waals surface area contributed by atoms with Gasteiger partial charge in [-0.25, -0.2) is 9.59 Å². The average Bonchev–Trinajstić information content (AvgIpc) is 2.12. The number of unbranched alkanes of at least 4 members (excludes halogenated alkanes) is 1. The van der Waals surface area contributed by atoms with Crippen LogP contribution in [0.5, 0.6) is 0 Å². The minimum Gasteiger partial charge on any atom is -0.460 e. The number of esters is 2. The predicted octanol–water partition coefficient (Wildman–Crippen LogP) is 2.78. The number of hydrogen-bond donors (Lipinski definition) is 0. The van der Waals surface area contributed by atoms with Crippen molar-refractivity contribution in [3.05, 3.63) is 11.5 Å². The van der Waals surface area contributed by atoms with Crippen LogP contribution in [0.1, 0.15) is 61.6 Å². The monoisotopic (exact) mass is 258 g/mol. The summed E-state index contributed by atoms with van der Waals surface area (Å²) in [6, 6.07) is 0. The number of carbonyl (C=O) groups excluding carboxylic acids is 2. The van der Waals surface area contributed by atoms with Crippen molar-refractivity contribution in [3.8, 4) is 0 Å². The van der Waals surface area contributed by atoms with E-state index in [0.717, 1.165) is 12.8 Å². The maximum absolute atomic E-state index is 11.6. The molecule has 1 aromatic heterocycles. The van der Waals surface area contributed by atoms with Gasteiger partial charge in [0.15, 0.2) is 0 Å². The summed E-state index contributed by atoms with van der Waals surface area (Å²) in [5.41, 5.74) is -0.666. The minimum absolute atomic E-state index is 0.236. The maximum Gasteiger partial charge on any atom is 0.384 e. The molecule has 0 unspecified atom stereocenters. The maximum atomic E-state index is 11.6. The Morgan fingerprint density at radius 3 is 2.11 bits per heavy atom. The topological polar surface area (TPSA) is 78.9 Å². The number of carbonyl (C=O) groups is 2. The van der Waals surface area contributed by atoms with Crippen LogP contribution in [0.4, 0.5) is 0 Å². The molecule has 6 nitrogen and oxygen atoms in total. The number of ether oxygens (including phenoxy) is 2. The average molecular weight is 258 g/mol. The predicted molar refractivity (Wildman–Crippen MR) is 61.3 cm³/mol. The van der Waals surface area contributed by atoms with Crippen LogP contribution in [-0.2, 0) is 9.47 Å². The van der Waals surface area contributed by atoms with Crippen LogP contribution >= 0.6 is 0 Å². The third-order valence-corrected chi connectivity index (χ3v) is 1.92. The fourth-order valence-corrected chi connectivity index (χ4v) is 1.08. The summed E-state index contributed by atoms with van der Waals surface area (Å²) in [7, 11) is 0. The van der Waals surface area contributed by atoms with Crippen molar-refractivity contribution >= 4 is 11.9 Å². The van der Waals surface area contributed by atoms with E-state index in [4.69, 9.17) is 9.47 Å². The van der Waals surface area contributed by atoms with Crippen LogP contribution < -0.4 is 0 Å². The van der Waals surface area contributed by atoms with Gasteiger partial charge in [0.05, 0.1) is 6.61 Å². The summed E-state index contributed by atoms with van der Waals surface area (Å²) in [4.78, 5) is 23.1. The summed E-state index contributed by atoms with van der Waals surface area (Å²) < 4.78 is 18.9. The molecule has 0 bridgehead atoms. The van der Waals surface area contributed by atoms with Gasteiger partial charge in [-0.15, -0.1) is 0 Å². The second kappa shape index (κ2) is 5.75. The highest BCUT2D eigenvalue weighted by Crippen LogP contribution is 2.19. The van der Waals surface area contributed by atoms with Crippen molar-refractivity contribution in [2.75, 3.05) is 6.61 Å². The first-order valence-corrected chi connectivity index (χ1v) is 5.84. The molecule has 0 fully saturated rings.